The predicted molar refractivity (Wildman–Crippen MR) is 80.1 cm³/mol. The molecule has 18 heavy (non-hydrogen) atoms. The molecule has 0 amide bonds. The lowest BCUT2D eigenvalue weighted by Gasteiger charge is -2.37. The van der Waals surface area contributed by atoms with Crippen LogP contribution in [-0.4, -0.2) is 24.5 Å². The molecule has 0 radical (unpaired) electrons. The summed E-state index contributed by atoms with van der Waals surface area (Å²) in [6, 6.07) is 3.12. The van der Waals surface area contributed by atoms with Gasteiger partial charge in [-0.3, -0.25) is 4.90 Å². The molecule has 1 N–H and O–H groups in total. The number of rotatable bonds is 4. The summed E-state index contributed by atoms with van der Waals surface area (Å²) in [6.45, 7) is 10.4. The molecule has 1 aliphatic heterocycles. The second-order valence-corrected chi connectivity index (χ2v) is 7.00. The Morgan fingerprint density at radius 2 is 2.22 bits per heavy atom. The van der Waals surface area contributed by atoms with E-state index < -0.39 is 0 Å². The van der Waals surface area contributed by atoms with Crippen LogP contribution >= 0.6 is 11.3 Å². The van der Waals surface area contributed by atoms with Crippen LogP contribution in [0.15, 0.2) is 6.07 Å². The first kappa shape index (κ1) is 14.0. The molecule has 0 spiro atoms. The van der Waals surface area contributed by atoms with Crippen LogP contribution in [0.5, 0.6) is 0 Å². The number of likely N-dealkylation sites (tertiary alicyclic amines) is 1. The van der Waals surface area contributed by atoms with Crippen LogP contribution in [0.1, 0.15) is 42.0 Å². The van der Waals surface area contributed by atoms with Crippen LogP contribution in [0.4, 0.5) is 0 Å². The van der Waals surface area contributed by atoms with Crippen molar-refractivity contribution in [2.75, 3.05) is 13.6 Å². The van der Waals surface area contributed by atoms with Crippen molar-refractivity contribution >= 4 is 11.3 Å². The van der Waals surface area contributed by atoms with Gasteiger partial charge in [0.25, 0.3) is 0 Å². The second kappa shape index (κ2) is 6.18. The summed E-state index contributed by atoms with van der Waals surface area (Å²) in [6.07, 6.45) is 2.75. The fourth-order valence-electron chi connectivity index (χ4n) is 2.87. The SMILES string of the molecule is CNCc1cc(CN2CCCC(C)C2C)c(C)s1. The van der Waals surface area contributed by atoms with Gasteiger partial charge < -0.3 is 5.32 Å². The lowest BCUT2D eigenvalue weighted by atomic mass is 9.92. The summed E-state index contributed by atoms with van der Waals surface area (Å²) in [5.74, 6) is 0.842. The van der Waals surface area contributed by atoms with Gasteiger partial charge in [0.15, 0.2) is 0 Å². The van der Waals surface area contributed by atoms with E-state index in [1.54, 1.807) is 0 Å². The van der Waals surface area contributed by atoms with Gasteiger partial charge in [-0.25, -0.2) is 0 Å². The molecule has 0 saturated carbocycles. The van der Waals surface area contributed by atoms with Gasteiger partial charge in [-0.05, 0) is 57.8 Å². The van der Waals surface area contributed by atoms with Crippen LogP contribution in [0.3, 0.4) is 0 Å². The molecule has 2 unspecified atom stereocenters. The van der Waals surface area contributed by atoms with Crippen LogP contribution < -0.4 is 5.32 Å². The monoisotopic (exact) mass is 266 g/mol. The van der Waals surface area contributed by atoms with Crippen molar-refractivity contribution in [2.45, 2.75) is 52.7 Å². The van der Waals surface area contributed by atoms with Crippen molar-refractivity contribution in [2.24, 2.45) is 5.92 Å². The van der Waals surface area contributed by atoms with Crippen LogP contribution in [-0.2, 0) is 13.1 Å². The van der Waals surface area contributed by atoms with E-state index in [2.05, 4.69) is 37.1 Å². The highest BCUT2D eigenvalue weighted by molar-refractivity contribution is 7.12. The van der Waals surface area contributed by atoms with E-state index >= 15 is 0 Å². The van der Waals surface area contributed by atoms with Crippen molar-refractivity contribution in [1.82, 2.24) is 10.2 Å². The Morgan fingerprint density at radius 3 is 2.94 bits per heavy atom. The van der Waals surface area contributed by atoms with Crippen molar-refractivity contribution in [1.29, 1.82) is 0 Å². The van der Waals surface area contributed by atoms with Crippen LogP contribution in [0, 0.1) is 12.8 Å². The summed E-state index contributed by atoms with van der Waals surface area (Å²) < 4.78 is 0. The summed E-state index contributed by atoms with van der Waals surface area (Å²) in [7, 11) is 2.02. The third-order valence-corrected chi connectivity index (χ3v) is 5.39. The summed E-state index contributed by atoms with van der Waals surface area (Å²) in [5.41, 5.74) is 1.53. The van der Waals surface area contributed by atoms with Crippen LogP contribution in [0.25, 0.3) is 0 Å². The van der Waals surface area contributed by atoms with Crippen molar-refractivity contribution in [3.8, 4) is 0 Å². The fourth-order valence-corrected chi connectivity index (χ4v) is 3.93. The van der Waals surface area contributed by atoms with E-state index in [9.17, 15) is 0 Å². The fraction of sp³-hybridized carbons (Fsp3) is 0.733. The Labute approximate surface area is 115 Å². The van der Waals surface area contributed by atoms with Gasteiger partial charge in [-0.15, -0.1) is 11.3 Å². The molecule has 1 aromatic heterocycles. The lowest BCUT2D eigenvalue weighted by molar-refractivity contribution is 0.106. The zero-order chi connectivity index (χ0) is 13.1. The standard InChI is InChI=1S/C15H26N2S/c1-11-6-5-7-17(12(11)2)10-14-8-15(9-16-4)18-13(14)3/h8,11-12,16H,5-7,9-10H2,1-4H3. The molecule has 2 rings (SSSR count). The van der Waals surface area contributed by atoms with Gasteiger partial charge in [-0.1, -0.05) is 6.92 Å². The number of aryl methyl sites for hydroxylation is 1. The number of hydrogen-bond acceptors (Lipinski definition) is 3. The quantitative estimate of drug-likeness (QED) is 0.898. The first-order valence-corrected chi connectivity index (χ1v) is 7.90. The lowest BCUT2D eigenvalue weighted by Crippen LogP contribution is -2.41. The summed E-state index contributed by atoms with van der Waals surface area (Å²) in [5, 5.41) is 3.24. The van der Waals surface area contributed by atoms with Gasteiger partial charge in [0.2, 0.25) is 0 Å². The third-order valence-electron chi connectivity index (χ3n) is 4.30. The van der Waals surface area contributed by atoms with Gasteiger partial charge in [0.1, 0.15) is 0 Å². The molecule has 3 heteroatoms. The Bertz CT molecular complexity index is 386. The largest absolute Gasteiger partial charge is 0.315 e. The van der Waals surface area contributed by atoms with E-state index in [0.29, 0.717) is 0 Å². The molecule has 0 aromatic carbocycles. The van der Waals surface area contributed by atoms with E-state index in [4.69, 9.17) is 0 Å². The molecule has 2 heterocycles. The number of piperidine rings is 1. The van der Waals surface area contributed by atoms with Crippen molar-refractivity contribution < 1.29 is 0 Å². The average molecular weight is 266 g/mol. The molecule has 2 atom stereocenters. The molecule has 2 nitrogen and oxygen atoms in total. The minimum Gasteiger partial charge on any atom is -0.315 e. The van der Waals surface area contributed by atoms with Crippen LogP contribution in [0.2, 0.25) is 0 Å². The number of nitrogens with zero attached hydrogens (tertiary/aromatic N) is 1. The van der Waals surface area contributed by atoms with Gasteiger partial charge in [-0.2, -0.15) is 0 Å². The predicted octanol–water partition coefficient (Wildman–Crippen LogP) is 3.40. The van der Waals surface area contributed by atoms with E-state index in [0.717, 1.165) is 25.0 Å². The Hall–Kier alpha value is -0.380. The number of thiophene rings is 1. The highest BCUT2D eigenvalue weighted by Crippen LogP contribution is 2.28. The minimum atomic E-state index is 0.728. The maximum Gasteiger partial charge on any atom is 0.0296 e. The van der Waals surface area contributed by atoms with Gasteiger partial charge >= 0.3 is 0 Å². The van der Waals surface area contributed by atoms with Gasteiger partial charge in [0, 0.05) is 28.9 Å². The highest BCUT2D eigenvalue weighted by Gasteiger charge is 2.25. The molecule has 1 fully saturated rings. The zero-order valence-electron chi connectivity index (χ0n) is 12.1. The molecular weight excluding hydrogens is 240 g/mol. The Balaban J connectivity index is 2.04. The van der Waals surface area contributed by atoms with Gasteiger partial charge in [0.05, 0.1) is 0 Å². The number of nitrogens with one attached hydrogen (secondary N) is 1. The number of hydrogen-bond donors (Lipinski definition) is 1. The molecule has 1 saturated heterocycles. The first-order chi connectivity index (χ1) is 8.61. The van der Waals surface area contributed by atoms with Crippen molar-refractivity contribution in [3.05, 3.63) is 21.4 Å². The Kier molecular flexibility index (Phi) is 4.82. The molecule has 102 valence electrons. The topological polar surface area (TPSA) is 15.3 Å². The average Bonchev–Trinajstić information content (AvgIpc) is 2.66. The van der Waals surface area contributed by atoms with E-state index in [1.807, 2.05) is 18.4 Å². The zero-order valence-corrected chi connectivity index (χ0v) is 12.9. The molecular formula is C15H26N2S. The Morgan fingerprint density at radius 1 is 1.44 bits per heavy atom. The third kappa shape index (κ3) is 3.14. The second-order valence-electron chi connectivity index (χ2n) is 5.66. The van der Waals surface area contributed by atoms with E-state index in [1.165, 1.54) is 34.7 Å². The normalized spacial score (nSPS) is 25.6. The summed E-state index contributed by atoms with van der Waals surface area (Å²) in [4.78, 5) is 5.61. The maximum absolute atomic E-state index is 3.24. The maximum atomic E-state index is 3.24. The molecule has 0 aliphatic carbocycles. The minimum absolute atomic E-state index is 0.728. The molecule has 1 aliphatic rings. The first-order valence-electron chi connectivity index (χ1n) is 7.08. The molecule has 1 aromatic rings. The smallest absolute Gasteiger partial charge is 0.0296 e. The molecule has 0 bridgehead atoms. The summed E-state index contributed by atoms with van der Waals surface area (Å²) >= 11 is 1.94. The van der Waals surface area contributed by atoms with E-state index in [-0.39, 0.29) is 0 Å². The highest BCUT2D eigenvalue weighted by atomic mass is 32.1. The van der Waals surface area contributed by atoms with Crippen molar-refractivity contribution in [3.63, 3.8) is 0 Å².